The predicted octanol–water partition coefficient (Wildman–Crippen LogP) is 3.14. The molecule has 27 heavy (non-hydrogen) atoms. The molecule has 3 N–H and O–H groups in total. The minimum Gasteiger partial charge on any atom is -0.354 e. The topological polar surface area (TPSA) is 58.4 Å². The fraction of sp³-hybridized carbons (Fsp3) is 0.409. The van der Waals surface area contributed by atoms with Crippen molar-refractivity contribution in [1.29, 1.82) is 0 Å². The third-order valence-corrected chi connectivity index (χ3v) is 5.50. The monoisotopic (exact) mass is 387 g/mol. The highest BCUT2D eigenvalue weighted by Gasteiger charge is 2.35. The SMILES string of the molecule is CC(CNC(=O)C(C)N1C[C@@H](N)[C@H](c2ccccc2)C1)c1ccccc1.Cl. The summed E-state index contributed by atoms with van der Waals surface area (Å²) >= 11 is 0. The van der Waals surface area contributed by atoms with Gasteiger partial charge in [-0.05, 0) is 24.0 Å². The molecule has 4 atom stereocenters. The fourth-order valence-corrected chi connectivity index (χ4v) is 3.70. The molecule has 2 aromatic rings. The fourth-order valence-electron chi connectivity index (χ4n) is 3.70. The first kappa shape index (κ1) is 21.4. The Morgan fingerprint density at radius 1 is 1.07 bits per heavy atom. The number of halogens is 1. The lowest BCUT2D eigenvalue weighted by atomic mass is 9.95. The van der Waals surface area contributed by atoms with E-state index >= 15 is 0 Å². The summed E-state index contributed by atoms with van der Waals surface area (Å²) in [7, 11) is 0. The number of likely N-dealkylation sites (tertiary alicyclic amines) is 1. The van der Waals surface area contributed by atoms with Crippen molar-refractivity contribution in [2.45, 2.75) is 37.8 Å². The maximum Gasteiger partial charge on any atom is 0.237 e. The number of carbonyl (C=O) groups excluding carboxylic acids is 1. The zero-order chi connectivity index (χ0) is 18.5. The molecule has 2 unspecified atom stereocenters. The molecule has 1 amide bonds. The van der Waals surface area contributed by atoms with E-state index in [1.807, 2.05) is 43.3 Å². The molecular formula is C22H30ClN3O. The highest BCUT2D eigenvalue weighted by molar-refractivity contribution is 5.85. The molecule has 0 radical (unpaired) electrons. The van der Waals surface area contributed by atoms with Crippen LogP contribution in [0.5, 0.6) is 0 Å². The molecule has 1 fully saturated rings. The van der Waals surface area contributed by atoms with E-state index in [4.69, 9.17) is 5.73 Å². The van der Waals surface area contributed by atoms with Gasteiger partial charge in [0.05, 0.1) is 6.04 Å². The first-order valence-corrected chi connectivity index (χ1v) is 9.43. The summed E-state index contributed by atoms with van der Waals surface area (Å²) in [4.78, 5) is 14.8. The minimum absolute atomic E-state index is 0. The third-order valence-electron chi connectivity index (χ3n) is 5.50. The van der Waals surface area contributed by atoms with E-state index in [-0.39, 0.29) is 36.3 Å². The lowest BCUT2D eigenvalue weighted by Gasteiger charge is -2.24. The van der Waals surface area contributed by atoms with E-state index in [1.54, 1.807) is 0 Å². The van der Waals surface area contributed by atoms with Crippen LogP contribution < -0.4 is 11.1 Å². The molecule has 0 spiro atoms. The van der Waals surface area contributed by atoms with Gasteiger partial charge in [-0.1, -0.05) is 67.6 Å². The van der Waals surface area contributed by atoms with Gasteiger partial charge < -0.3 is 11.1 Å². The Hall–Kier alpha value is -1.88. The zero-order valence-corrected chi connectivity index (χ0v) is 16.9. The molecule has 0 bridgehead atoms. The van der Waals surface area contributed by atoms with E-state index in [0.717, 1.165) is 13.1 Å². The Labute approximate surface area is 168 Å². The van der Waals surface area contributed by atoms with E-state index in [1.165, 1.54) is 11.1 Å². The van der Waals surface area contributed by atoms with Gasteiger partial charge in [-0.3, -0.25) is 9.69 Å². The Morgan fingerprint density at radius 2 is 1.67 bits per heavy atom. The van der Waals surface area contributed by atoms with Gasteiger partial charge in [-0.25, -0.2) is 0 Å². The summed E-state index contributed by atoms with van der Waals surface area (Å²) in [6, 6.07) is 20.5. The second-order valence-corrected chi connectivity index (χ2v) is 7.37. The molecule has 1 aliphatic rings. The van der Waals surface area contributed by atoms with Crippen LogP contribution in [0.25, 0.3) is 0 Å². The molecule has 1 saturated heterocycles. The summed E-state index contributed by atoms with van der Waals surface area (Å²) in [5.74, 6) is 0.661. The molecule has 1 heterocycles. The van der Waals surface area contributed by atoms with Crippen LogP contribution in [0, 0.1) is 0 Å². The highest BCUT2D eigenvalue weighted by Crippen LogP contribution is 2.27. The maximum atomic E-state index is 12.6. The zero-order valence-electron chi connectivity index (χ0n) is 16.0. The number of hydrogen-bond donors (Lipinski definition) is 2. The van der Waals surface area contributed by atoms with Crippen LogP contribution in [-0.4, -0.2) is 42.5 Å². The van der Waals surface area contributed by atoms with Crippen molar-refractivity contribution in [3.8, 4) is 0 Å². The van der Waals surface area contributed by atoms with Crippen molar-refractivity contribution in [3.05, 3.63) is 71.8 Å². The number of nitrogens with two attached hydrogens (primary N) is 1. The van der Waals surface area contributed by atoms with Gasteiger partial charge in [0.1, 0.15) is 0 Å². The second-order valence-electron chi connectivity index (χ2n) is 7.37. The number of hydrogen-bond acceptors (Lipinski definition) is 3. The van der Waals surface area contributed by atoms with Crippen LogP contribution in [0.4, 0.5) is 0 Å². The molecule has 0 aromatic heterocycles. The van der Waals surface area contributed by atoms with E-state index in [9.17, 15) is 4.79 Å². The average Bonchev–Trinajstić information content (AvgIpc) is 3.08. The van der Waals surface area contributed by atoms with Crippen LogP contribution >= 0.6 is 12.4 Å². The Morgan fingerprint density at radius 3 is 2.30 bits per heavy atom. The van der Waals surface area contributed by atoms with Crippen molar-refractivity contribution in [3.63, 3.8) is 0 Å². The summed E-state index contributed by atoms with van der Waals surface area (Å²) < 4.78 is 0. The van der Waals surface area contributed by atoms with Crippen LogP contribution in [0.15, 0.2) is 60.7 Å². The van der Waals surface area contributed by atoms with Gasteiger partial charge >= 0.3 is 0 Å². The van der Waals surface area contributed by atoms with Gasteiger partial charge in [0.15, 0.2) is 0 Å². The van der Waals surface area contributed by atoms with Gasteiger partial charge in [0.2, 0.25) is 5.91 Å². The standard InChI is InChI=1S/C22H29N3O.ClH/c1-16(18-9-5-3-6-10-18)13-24-22(26)17(2)25-14-20(21(23)15-25)19-11-7-4-8-12-19;/h3-12,16-17,20-21H,13-15,23H2,1-2H3,(H,24,26);1H/t16?,17?,20-,21+;/m0./s1. The average molecular weight is 388 g/mol. The number of nitrogens with zero attached hydrogens (tertiary/aromatic N) is 1. The molecule has 0 saturated carbocycles. The van der Waals surface area contributed by atoms with Gasteiger partial charge in [-0.2, -0.15) is 0 Å². The Bertz CT molecular complexity index is 710. The largest absolute Gasteiger partial charge is 0.354 e. The van der Waals surface area contributed by atoms with E-state index in [0.29, 0.717) is 12.5 Å². The first-order chi connectivity index (χ1) is 12.6. The molecule has 0 aliphatic carbocycles. The Kier molecular flexibility index (Phi) is 7.84. The van der Waals surface area contributed by atoms with Crippen LogP contribution in [0.1, 0.15) is 36.8 Å². The number of benzene rings is 2. The van der Waals surface area contributed by atoms with Crippen molar-refractivity contribution in [1.82, 2.24) is 10.2 Å². The van der Waals surface area contributed by atoms with Crippen molar-refractivity contribution < 1.29 is 4.79 Å². The van der Waals surface area contributed by atoms with Crippen LogP contribution in [0.2, 0.25) is 0 Å². The Balaban J connectivity index is 0.00000261. The van der Waals surface area contributed by atoms with Gasteiger partial charge in [0.25, 0.3) is 0 Å². The minimum atomic E-state index is -0.169. The van der Waals surface area contributed by atoms with Crippen molar-refractivity contribution >= 4 is 18.3 Å². The van der Waals surface area contributed by atoms with E-state index in [2.05, 4.69) is 41.4 Å². The predicted molar refractivity (Wildman–Crippen MR) is 113 cm³/mol. The quantitative estimate of drug-likeness (QED) is 0.800. The molecule has 2 aromatic carbocycles. The summed E-state index contributed by atoms with van der Waals surface area (Å²) in [6.45, 7) is 6.34. The van der Waals surface area contributed by atoms with E-state index < -0.39 is 0 Å². The summed E-state index contributed by atoms with van der Waals surface area (Å²) in [6.07, 6.45) is 0. The summed E-state index contributed by atoms with van der Waals surface area (Å²) in [5, 5.41) is 3.11. The number of carbonyl (C=O) groups is 1. The molecular weight excluding hydrogens is 358 g/mol. The lowest BCUT2D eigenvalue weighted by molar-refractivity contribution is -0.125. The first-order valence-electron chi connectivity index (χ1n) is 9.43. The van der Waals surface area contributed by atoms with Gasteiger partial charge in [0, 0.05) is 31.6 Å². The highest BCUT2D eigenvalue weighted by atomic mass is 35.5. The molecule has 1 aliphatic heterocycles. The van der Waals surface area contributed by atoms with Gasteiger partial charge in [-0.15, -0.1) is 12.4 Å². The van der Waals surface area contributed by atoms with Crippen LogP contribution in [-0.2, 0) is 4.79 Å². The molecule has 146 valence electrons. The molecule has 3 rings (SSSR count). The van der Waals surface area contributed by atoms with Crippen LogP contribution in [0.3, 0.4) is 0 Å². The third kappa shape index (κ3) is 5.32. The second kappa shape index (κ2) is 9.88. The number of nitrogens with one attached hydrogen (secondary N) is 1. The number of amides is 1. The smallest absolute Gasteiger partial charge is 0.237 e. The maximum absolute atomic E-state index is 12.6. The van der Waals surface area contributed by atoms with Crippen molar-refractivity contribution in [2.24, 2.45) is 5.73 Å². The lowest BCUT2D eigenvalue weighted by Crippen LogP contribution is -2.45. The molecule has 4 nitrogen and oxygen atoms in total. The molecule has 5 heteroatoms. The normalized spacial score (nSPS) is 21.9. The summed E-state index contributed by atoms with van der Waals surface area (Å²) in [5.41, 5.74) is 8.86. The number of rotatable bonds is 6. The van der Waals surface area contributed by atoms with Crippen molar-refractivity contribution in [2.75, 3.05) is 19.6 Å².